The summed E-state index contributed by atoms with van der Waals surface area (Å²) in [6, 6.07) is 8.06. The summed E-state index contributed by atoms with van der Waals surface area (Å²) in [6.07, 6.45) is 1.22. The summed E-state index contributed by atoms with van der Waals surface area (Å²) in [7, 11) is -2.43. The van der Waals surface area contributed by atoms with Gasteiger partial charge in [0.15, 0.2) is 6.61 Å². The molecule has 3 aromatic rings. The molecule has 0 atom stereocenters. The van der Waals surface area contributed by atoms with E-state index in [2.05, 4.69) is 25.0 Å². The number of halogens is 2. The van der Waals surface area contributed by atoms with E-state index in [4.69, 9.17) is 10.00 Å². The van der Waals surface area contributed by atoms with Gasteiger partial charge in [-0.05, 0) is 23.6 Å². The molecule has 35 heavy (non-hydrogen) atoms. The van der Waals surface area contributed by atoms with E-state index >= 15 is 4.39 Å². The molecular formula is C23H22F2N6O3S. The molecule has 0 saturated carbocycles. The van der Waals surface area contributed by atoms with Crippen LogP contribution in [0.3, 0.4) is 0 Å². The molecule has 0 aliphatic carbocycles. The fraction of sp³-hybridized carbons (Fsp3) is 0.304. The van der Waals surface area contributed by atoms with Gasteiger partial charge in [0.05, 0.1) is 38.1 Å². The van der Waals surface area contributed by atoms with Gasteiger partial charge in [0.25, 0.3) is 5.91 Å². The van der Waals surface area contributed by atoms with Crippen molar-refractivity contribution in [3.63, 3.8) is 0 Å². The number of anilines is 2. The molecule has 1 aliphatic heterocycles. The zero-order valence-electron chi connectivity index (χ0n) is 19.0. The fourth-order valence-corrected chi connectivity index (χ4v) is 6.87. The van der Waals surface area contributed by atoms with Gasteiger partial charge < -0.3 is 15.4 Å². The standard InChI is InChI=1S/C23H22F2N6O3S/c1-23(2)11-35(33,12-23)31-15-8-16(25)21-18(9-15)28-13-29-22(21)30-17-4-3-14(24)7-19(17)34-10-20(32)27-6-5-26/h3-4,7-9,13H,6,10-12H2,1-2H3,(H,27,32)(H,28,29,30). The smallest absolute Gasteiger partial charge is 0.258 e. The number of ether oxygens (including phenoxy) is 1. The van der Waals surface area contributed by atoms with Gasteiger partial charge in [-0.2, -0.15) is 9.62 Å². The first kappa shape index (κ1) is 24.3. The summed E-state index contributed by atoms with van der Waals surface area (Å²) in [5.41, 5.74) is 0.644. The van der Waals surface area contributed by atoms with Crippen LogP contribution in [0.15, 0.2) is 41.0 Å². The maximum atomic E-state index is 15.2. The number of hydrogen-bond acceptors (Lipinski definition) is 8. The molecule has 0 spiro atoms. The number of amides is 1. The van der Waals surface area contributed by atoms with Gasteiger partial charge in [0.2, 0.25) is 0 Å². The van der Waals surface area contributed by atoms with Crippen LogP contribution < -0.4 is 15.4 Å². The van der Waals surface area contributed by atoms with Gasteiger partial charge in [-0.25, -0.2) is 23.0 Å². The number of rotatable bonds is 7. The minimum Gasteiger partial charge on any atom is -0.481 e. The van der Waals surface area contributed by atoms with Gasteiger partial charge in [-0.15, -0.1) is 0 Å². The highest BCUT2D eigenvalue weighted by molar-refractivity contribution is 7.95. The predicted molar refractivity (Wildman–Crippen MR) is 127 cm³/mol. The molecule has 2 heterocycles. The van der Waals surface area contributed by atoms with E-state index in [0.29, 0.717) is 11.5 Å². The Bertz CT molecular complexity index is 1460. The zero-order chi connectivity index (χ0) is 25.2. The topological polar surface area (TPSA) is 129 Å². The maximum absolute atomic E-state index is 15.2. The molecule has 1 saturated heterocycles. The molecule has 1 aromatic heterocycles. The van der Waals surface area contributed by atoms with Gasteiger partial charge in [-0.1, -0.05) is 13.8 Å². The van der Waals surface area contributed by atoms with Crippen LogP contribution in [0.5, 0.6) is 5.75 Å². The van der Waals surface area contributed by atoms with E-state index in [0.717, 1.165) is 12.1 Å². The molecule has 9 nitrogen and oxygen atoms in total. The summed E-state index contributed by atoms with van der Waals surface area (Å²) >= 11 is 0. The van der Waals surface area contributed by atoms with Crippen molar-refractivity contribution in [2.75, 3.05) is 30.0 Å². The summed E-state index contributed by atoms with van der Waals surface area (Å²) in [6.45, 7) is 3.36. The number of carbonyl (C=O) groups is 1. The van der Waals surface area contributed by atoms with E-state index in [1.165, 1.54) is 24.5 Å². The van der Waals surface area contributed by atoms with E-state index in [1.807, 2.05) is 13.8 Å². The van der Waals surface area contributed by atoms with E-state index < -0.39 is 33.9 Å². The van der Waals surface area contributed by atoms with E-state index in [1.54, 1.807) is 6.07 Å². The maximum Gasteiger partial charge on any atom is 0.258 e. The number of carbonyl (C=O) groups excluding carboxylic acids is 1. The molecule has 0 unspecified atom stereocenters. The lowest BCUT2D eigenvalue weighted by Gasteiger charge is -2.37. The SMILES string of the molecule is CC1(C)CS(=O)(=Nc2cc(F)c3c(Nc4ccc(F)cc4OCC(=O)NCC#N)ncnc3c2)C1. The second-order valence-electron chi connectivity index (χ2n) is 8.85. The van der Waals surface area contributed by atoms with Crippen LogP contribution in [-0.4, -0.2) is 44.7 Å². The van der Waals surface area contributed by atoms with Crippen molar-refractivity contribution in [2.45, 2.75) is 13.8 Å². The number of nitrogens with zero attached hydrogens (tertiary/aromatic N) is 4. The van der Waals surface area contributed by atoms with Crippen molar-refractivity contribution >= 4 is 43.7 Å². The molecule has 182 valence electrons. The van der Waals surface area contributed by atoms with E-state index in [-0.39, 0.29) is 45.8 Å². The fourth-order valence-electron chi connectivity index (χ4n) is 3.89. The number of aromatic nitrogens is 2. The molecule has 0 radical (unpaired) electrons. The van der Waals surface area contributed by atoms with Crippen LogP contribution in [0.2, 0.25) is 0 Å². The minimum atomic E-state index is -2.43. The average Bonchev–Trinajstić information content (AvgIpc) is 2.76. The highest BCUT2D eigenvalue weighted by atomic mass is 32.2. The Morgan fingerprint density at radius 2 is 2.03 bits per heavy atom. The van der Waals surface area contributed by atoms with Crippen molar-refractivity contribution < 1.29 is 22.5 Å². The average molecular weight is 501 g/mol. The minimum absolute atomic E-state index is 0.0135. The second-order valence-corrected chi connectivity index (χ2v) is 11.2. The number of hydrogen-bond donors (Lipinski definition) is 2. The molecule has 1 amide bonds. The first-order valence-corrected chi connectivity index (χ1v) is 12.4. The molecule has 2 N–H and O–H groups in total. The number of nitriles is 1. The van der Waals surface area contributed by atoms with Gasteiger partial charge in [0, 0.05) is 23.6 Å². The van der Waals surface area contributed by atoms with Gasteiger partial charge in [0.1, 0.15) is 36.1 Å². The highest BCUT2D eigenvalue weighted by Crippen LogP contribution is 2.37. The second kappa shape index (κ2) is 9.42. The monoisotopic (exact) mass is 500 g/mol. The Labute approximate surface area is 200 Å². The normalized spacial score (nSPS) is 15.5. The lowest BCUT2D eigenvalue weighted by atomic mass is 9.99. The van der Waals surface area contributed by atoms with Crippen LogP contribution in [0.1, 0.15) is 13.8 Å². The molecular weight excluding hydrogens is 478 g/mol. The Kier molecular flexibility index (Phi) is 6.53. The van der Waals surface area contributed by atoms with Crippen molar-refractivity contribution in [3.8, 4) is 11.8 Å². The van der Waals surface area contributed by atoms with Crippen LogP contribution in [0.4, 0.5) is 26.0 Å². The number of fused-ring (bicyclic) bond motifs is 1. The number of nitrogens with one attached hydrogen (secondary N) is 2. The molecule has 12 heteroatoms. The molecule has 2 aromatic carbocycles. The first-order chi connectivity index (χ1) is 16.6. The summed E-state index contributed by atoms with van der Waals surface area (Å²) in [4.78, 5) is 20.0. The summed E-state index contributed by atoms with van der Waals surface area (Å²) < 4.78 is 51.4. The molecule has 1 fully saturated rings. The molecule has 0 bridgehead atoms. The third-order valence-electron chi connectivity index (χ3n) is 5.10. The highest BCUT2D eigenvalue weighted by Gasteiger charge is 2.38. The predicted octanol–water partition coefficient (Wildman–Crippen LogP) is 3.81. The summed E-state index contributed by atoms with van der Waals surface area (Å²) in [5, 5.41) is 13.8. The third kappa shape index (κ3) is 5.63. The molecule has 4 rings (SSSR count). The Morgan fingerprint density at radius 1 is 1.26 bits per heavy atom. The van der Waals surface area contributed by atoms with Crippen LogP contribution >= 0.6 is 0 Å². The Morgan fingerprint density at radius 3 is 2.74 bits per heavy atom. The van der Waals surface area contributed by atoms with Gasteiger partial charge in [-0.3, -0.25) is 4.79 Å². The quantitative estimate of drug-likeness (QED) is 0.472. The summed E-state index contributed by atoms with van der Waals surface area (Å²) in [5.74, 6) is -0.896. The Balaban J connectivity index is 1.63. The number of benzene rings is 2. The van der Waals surface area contributed by atoms with Crippen LogP contribution in [0.25, 0.3) is 10.9 Å². The Hall–Kier alpha value is -3.85. The van der Waals surface area contributed by atoms with Crippen molar-refractivity contribution in [2.24, 2.45) is 9.78 Å². The lowest BCUT2D eigenvalue weighted by Crippen LogP contribution is -2.43. The molecule has 1 aliphatic rings. The first-order valence-electron chi connectivity index (χ1n) is 10.6. The van der Waals surface area contributed by atoms with Crippen LogP contribution in [0, 0.1) is 28.4 Å². The van der Waals surface area contributed by atoms with Crippen LogP contribution in [-0.2, 0) is 14.5 Å². The largest absolute Gasteiger partial charge is 0.481 e. The van der Waals surface area contributed by atoms with Crippen molar-refractivity contribution in [3.05, 3.63) is 48.3 Å². The third-order valence-corrected chi connectivity index (χ3v) is 8.11. The lowest BCUT2D eigenvalue weighted by molar-refractivity contribution is -0.122. The van der Waals surface area contributed by atoms with Crippen molar-refractivity contribution in [1.29, 1.82) is 5.26 Å². The van der Waals surface area contributed by atoms with Gasteiger partial charge >= 0.3 is 0 Å². The van der Waals surface area contributed by atoms with E-state index in [9.17, 15) is 13.4 Å². The zero-order valence-corrected chi connectivity index (χ0v) is 19.8. The van der Waals surface area contributed by atoms with Crippen molar-refractivity contribution in [1.82, 2.24) is 15.3 Å².